The SMILES string of the molecule is C=CC(=O)N1Cc2ccc(-c3c(F)cc(CC(N)=O)c4[nH]c5ccccc5c34)cc2C1. The first kappa shape index (κ1) is 19.1. The van der Waals surface area contributed by atoms with Gasteiger partial charge in [0.15, 0.2) is 0 Å². The van der Waals surface area contributed by atoms with Gasteiger partial charge in [0.05, 0.1) is 11.9 Å². The van der Waals surface area contributed by atoms with E-state index in [1.165, 1.54) is 12.1 Å². The van der Waals surface area contributed by atoms with Gasteiger partial charge in [0, 0.05) is 34.9 Å². The maximum atomic E-state index is 15.5. The third-order valence-electron chi connectivity index (χ3n) is 5.89. The van der Waals surface area contributed by atoms with E-state index in [4.69, 9.17) is 5.73 Å². The fourth-order valence-electron chi connectivity index (χ4n) is 4.50. The van der Waals surface area contributed by atoms with Crippen molar-refractivity contribution < 1.29 is 14.0 Å². The van der Waals surface area contributed by atoms with Gasteiger partial charge in [0.1, 0.15) is 5.82 Å². The van der Waals surface area contributed by atoms with Crippen LogP contribution in [0.1, 0.15) is 16.7 Å². The number of para-hydroxylation sites is 1. The number of fused-ring (bicyclic) bond motifs is 4. The molecule has 5 nitrogen and oxygen atoms in total. The van der Waals surface area contributed by atoms with Crippen molar-refractivity contribution in [2.45, 2.75) is 19.5 Å². The monoisotopic (exact) mass is 413 g/mol. The number of primary amides is 1. The number of nitrogens with zero attached hydrogens (tertiary/aromatic N) is 1. The molecule has 1 aliphatic rings. The Morgan fingerprint density at radius 2 is 1.90 bits per heavy atom. The summed E-state index contributed by atoms with van der Waals surface area (Å²) >= 11 is 0. The van der Waals surface area contributed by atoms with E-state index >= 15 is 4.39 Å². The number of carbonyl (C=O) groups is 2. The number of hydrogen-bond donors (Lipinski definition) is 2. The molecule has 0 bridgehead atoms. The van der Waals surface area contributed by atoms with Crippen LogP contribution in [-0.2, 0) is 29.1 Å². The van der Waals surface area contributed by atoms with E-state index in [-0.39, 0.29) is 12.3 Å². The molecule has 3 N–H and O–H groups in total. The molecular formula is C25H20FN3O2. The van der Waals surface area contributed by atoms with Crippen molar-refractivity contribution in [3.63, 3.8) is 0 Å². The molecule has 4 aromatic rings. The highest BCUT2D eigenvalue weighted by Crippen LogP contribution is 2.40. The average molecular weight is 413 g/mol. The standard InChI is InChI=1S/C25H20FN3O2/c1-2-22(31)29-12-15-8-7-14(9-17(15)13-29)23-19(26)10-16(11-21(27)30)25-24(23)18-5-3-4-6-20(18)28-25/h2-10,28H,1,11-13H2,(H2,27,30). The predicted molar refractivity (Wildman–Crippen MR) is 119 cm³/mol. The predicted octanol–water partition coefficient (Wildman–Crippen LogP) is 4.18. The molecule has 5 rings (SSSR count). The molecule has 0 aliphatic carbocycles. The number of carbonyl (C=O) groups excluding carboxylic acids is 2. The second-order valence-electron chi connectivity index (χ2n) is 7.84. The van der Waals surface area contributed by atoms with Crippen LogP contribution in [0.15, 0.2) is 61.2 Å². The lowest BCUT2D eigenvalue weighted by molar-refractivity contribution is -0.126. The Morgan fingerprint density at radius 1 is 1.13 bits per heavy atom. The third-order valence-corrected chi connectivity index (χ3v) is 5.89. The minimum Gasteiger partial charge on any atom is -0.369 e. The van der Waals surface area contributed by atoms with Crippen LogP contribution in [0.4, 0.5) is 4.39 Å². The van der Waals surface area contributed by atoms with Gasteiger partial charge in [-0.25, -0.2) is 4.39 Å². The zero-order valence-corrected chi connectivity index (χ0v) is 16.7. The average Bonchev–Trinajstić information content (AvgIpc) is 3.34. The third kappa shape index (κ3) is 3.08. The van der Waals surface area contributed by atoms with E-state index in [0.29, 0.717) is 29.7 Å². The largest absolute Gasteiger partial charge is 0.369 e. The Bertz CT molecular complexity index is 1400. The highest BCUT2D eigenvalue weighted by Gasteiger charge is 2.24. The zero-order valence-electron chi connectivity index (χ0n) is 16.7. The summed E-state index contributed by atoms with van der Waals surface area (Å²) < 4.78 is 15.5. The van der Waals surface area contributed by atoms with Gasteiger partial charge in [-0.15, -0.1) is 0 Å². The first-order valence-corrected chi connectivity index (χ1v) is 10.00. The number of aromatic nitrogens is 1. The lowest BCUT2D eigenvalue weighted by Gasteiger charge is -2.12. The van der Waals surface area contributed by atoms with Crippen LogP contribution in [0.3, 0.4) is 0 Å². The van der Waals surface area contributed by atoms with Gasteiger partial charge < -0.3 is 15.6 Å². The molecule has 0 atom stereocenters. The van der Waals surface area contributed by atoms with Crippen LogP contribution in [0.25, 0.3) is 32.9 Å². The maximum absolute atomic E-state index is 15.5. The first-order chi connectivity index (χ1) is 15.0. The topological polar surface area (TPSA) is 79.2 Å². The second kappa shape index (κ2) is 7.09. The molecule has 0 saturated carbocycles. The van der Waals surface area contributed by atoms with Crippen molar-refractivity contribution in [1.82, 2.24) is 9.88 Å². The first-order valence-electron chi connectivity index (χ1n) is 10.00. The summed E-state index contributed by atoms with van der Waals surface area (Å²) in [4.78, 5) is 28.6. The van der Waals surface area contributed by atoms with Gasteiger partial charge >= 0.3 is 0 Å². The van der Waals surface area contributed by atoms with Gasteiger partial charge in [-0.1, -0.05) is 36.9 Å². The van der Waals surface area contributed by atoms with Crippen molar-refractivity contribution in [2.24, 2.45) is 5.73 Å². The lowest BCUT2D eigenvalue weighted by Crippen LogP contribution is -2.22. The molecule has 31 heavy (non-hydrogen) atoms. The molecule has 2 heterocycles. The molecular weight excluding hydrogens is 393 g/mol. The van der Waals surface area contributed by atoms with Crippen molar-refractivity contribution in [1.29, 1.82) is 0 Å². The molecule has 2 amide bonds. The van der Waals surface area contributed by atoms with Gasteiger partial charge in [-0.2, -0.15) is 0 Å². The molecule has 0 spiro atoms. The van der Waals surface area contributed by atoms with E-state index in [1.54, 1.807) is 4.90 Å². The number of nitrogens with one attached hydrogen (secondary N) is 1. The van der Waals surface area contributed by atoms with E-state index < -0.39 is 11.7 Å². The van der Waals surface area contributed by atoms with Gasteiger partial charge in [-0.3, -0.25) is 9.59 Å². The number of aromatic amines is 1. The number of amides is 2. The molecule has 0 saturated heterocycles. The van der Waals surface area contributed by atoms with Crippen LogP contribution >= 0.6 is 0 Å². The normalized spacial score (nSPS) is 13.0. The smallest absolute Gasteiger partial charge is 0.246 e. The van der Waals surface area contributed by atoms with Gasteiger partial charge in [-0.05, 0) is 46.5 Å². The second-order valence-corrected chi connectivity index (χ2v) is 7.84. The Morgan fingerprint density at radius 3 is 2.68 bits per heavy atom. The maximum Gasteiger partial charge on any atom is 0.246 e. The van der Waals surface area contributed by atoms with E-state index in [0.717, 1.165) is 33.0 Å². The number of benzene rings is 3. The summed E-state index contributed by atoms with van der Waals surface area (Å²) in [6, 6.07) is 14.8. The molecule has 0 radical (unpaired) electrons. The van der Waals surface area contributed by atoms with E-state index in [2.05, 4.69) is 11.6 Å². The van der Waals surface area contributed by atoms with Crippen molar-refractivity contribution in [3.8, 4) is 11.1 Å². The van der Waals surface area contributed by atoms with E-state index in [9.17, 15) is 9.59 Å². The molecule has 3 aromatic carbocycles. The Balaban J connectivity index is 1.73. The molecule has 0 fully saturated rings. The van der Waals surface area contributed by atoms with Crippen molar-refractivity contribution in [3.05, 3.63) is 83.7 Å². The molecule has 6 heteroatoms. The fraction of sp³-hybridized carbons (Fsp3) is 0.120. The van der Waals surface area contributed by atoms with Crippen LogP contribution < -0.4 is 5.73 Å². The number of hydrogen-bond acceptors (Lipinski definition) is 2. The molecule has 1 aliphatic heterocycles. The Hall–Kier alpha value is -3.93. The summed E-state index contributed by atoms with van der Waals surface area (Å²) in [6.45, 7) is 4.54. The summed E-state index contributed by atoms with van der Waals surface area (Å²) in [7, 11) is 0. The molecule has 1 aromatic heterocycles. The number of rotatable bonds is 4. The Kier molecular flexibility index (Phi) is 4.36. The minimum atomic E-state index is -0.517. The fourth-order valence-corrected chi connectivity index (χ4v) is 4.50. The number of halogens is 1. The summed E-state index contributed by atoms with van der Waals surface area (Å²) in [5.74, 6) is -1.05. The van der Waals surface area contributed by atoms with Crippen molar-refractivity contribution >= 4 is 33.6 Å². The highest BCUT2D eigenvalue weighted by atomic mass is 19.1. The lowest BCUT2D eigenvalue weighted by atomic mass is 9.93. The quantitative estimate of drug-likeness (QED) is 0.492. The highest BCUT2D eigenvalue weighted by molar-refractivity contribution is 6.15. The Labute approximate surface area is 178 Å². The van der Waals surface area contributed by atoms with E-state index in [1.807, 2.05) is 42.5 Å². The van der Waals surface area contributed by atoms with Gasteiger partial charge in [0.25, 0.3) is 0 Å². The molecule has 154 valence electrons. The number of nitrogens with two attached hydrogens (primary N) is 1. The van der Waals surface area contributed by atoms with Gasteiger partial charge in [0.2, 0.25) is 11.8 Å². The number of H-pyrrole nitrogens is 1. The van der Waals surface area contributed by atoms with Crippen molar-refractivity contribution in [2.75, 3.05) is 0 Å². The molecule has 0 unspecified atom stereocenters. The van der Waals surface area contributed by atoms with Crippen LogP contribution in [0.2, 0.25) is 0 Å². The summed E-state index contributed by atoms with van der Waals surface area (Å²) in [5.41, 5.74) is 10.7. The van der Waals surface area contributed by atoms with Crippen LogP contribution in [-0.4, -0.2) is 21.7 Å². The van der Waals surface area contributed by atoms with Crippen LogP contribution in [0, 0.1) is 5.82 Å². The zero-order chi connectivity index (χ0) is 21.7. The summed E-state index contributed by atoms with van der Waals surface area (Å²) in [5, 5.41) is 1.60. The summed E-state index contributed by atoms with van der Waals surface area (Å²) in [6.07, 6.45) is 1.25. The van der Waals surface area contributed by atoms with Crippen LogP contribution in [0.5, 0.6) is 0 Å². The minimum absolute atomic E-state index is 0.0522.